The summed E-state index contributed by atoms with van der Waals surface area (Å²) in [6.45, 7) is 13.8. The van der Waals surface area contributed by atoms with Gasteiger partial charge in [0.15, 0.2) is 0 Å². The Morgan fingerprint density at radius 2 is 1.35 bits per heavy atom. The first-order valence-electron chi connectivity index (χ1n) is 6.52. The molecule has 0 amide bonds. The van der Waals surface area contributed by atoms with E-state index in [0.29, 0.717) is 0 Å². The van der Waals surface area contributed by atoms with E-state index in [0.717, 1.165) is 49.0 Å². The minimum atomic E-state index is -4.64. The normalized spacial score (nSPS) is 12.8. The average molecular weight is 326 g/mol. The van der Waals surface area contributed by atoms with Crippen LogP contribution in [0.15, 0.2) is 18.2 Å². The molecule has 110 valence electrons. The van der Waals surface area contributed by atoms with Crippen molar-refractivity contribution in [2.24, 2.45) is 0 Å². The molecule has 1 aromatic rings. The second-order valence-electron chi connectivity index (χ2n) is 7.04. The molecule has 0 radical (unpaired) electrons. The second-order valence-corrected chi connectivity index (χ2v) is 9.75. The van der Waals surface area contributed by atoms with Gasteiger partial charge in [-0.3, -0.25) is 0 Å². The molecule has 0 atom stereocenters. The van der Waals surface area contributed by atoms with Crippen molar-refractivity contribution in [2.75, 3.05) is 0 Å². The molecule has 0 aliphatic rings. The predicted molar refractivity (Wildman–Crippen MR) is 83.5 cm³/mol. The fourth-order valence-corrected chi connectivity index (χ4v) is 3.55. The van der Waals surface area contributed by atoms with Gasteiger partial charge in [0, 0.05) is 0 Å². The minimum Gasteiger partial charge on any atom is -0.303 e. The van der Waals surface area contributed by atoms with Gasteiger partial charge >= 0.3 is 138 Å². The van der Waals surface area contributed by atoms with Crippen molar-refractivity contribution in [2.45, 2.75) is 52.4 Å². The third-order valence-electron chi connectivity index (χ3n) is 2.91. The van der Waals surface area contributed by atoms with Crippen molar-refractivity contribution >= 4 is 56.4 Å². The van der Waals surface area contributed by atoms with E-state index in [1.807, 2.05) is 0 Å². The molecule has 3 N–H and O–H groups in total. The van der Waals surface area contributed by atoms with Crippen molar-refractivity contribution in [3.8, 4) is 0 Å². The zero-order valence-electron chi connectivity index (χ0n) is 13.4. The zero-order valence-corrected chi connectivity index (χ0v) is 17.4. The maximum absolute atomic E-state index is 8.88. The van der Waals surface area contributed by atoms with Crippen LogP contribution in [0.2, 0.25) is 0 Å². The SMILES string of the molecule is CC(C)(C)c1cc[c]([K])c(C(C)(C)C)c1.O=P(O)(O)O. The van der Waals surface area contributed by atoms with E-state index in [1.165, 1.54) is 5.56 Å². The van der Waals surface area contributed by atoms with Gasteiger partial charge in [-0.2, -0.15) is 0 Å². The van der Waals surface area contributed by atoms with Gasteiger partial charge in [-0.05, 0) is 0 Å². The van der Waals surface area contributed by atoms with Crippen LogP contribution in [0.1, 0.15) is 52.7 Å². The van der Waals surface area contributed by atoms with E-state index in [9.17, 15) is 0 Å². The summed E-state index contributed by atoms with van der Waals surface area (Å²) < 4.78 is 10.5. The summed E-state index contributed by atoms with van der Waals surface area (Å²) in [6.07, 6.45) is 0. The Hall–Kier alpha value is 0.966. The second kappa shape index (κ2) is 7.49. The Bertz CT molecular complexity index is 487. The van der Waals surface area contributed by atoms with E-state index in [2.05, 4.69) is 59.7 Å². The van der Waals surface area contributed by atoms with E-state index in [1.54, 1.807) is 5.22 Å². The van der Waals surface area contributed by atoms with Gasteiger partial charge in [0.1, 0.15) is 0 Å². The van der Waals surface area contributed by atoms with Crippen LogP contribution in [0, 0.1) is 0 Å². The molecule has 20 heavy (non-hydrogen) atoms. The van der Waals surface area contributed by atoms with E-state index in [-0.39, 0.29) is 10.8 Å². The molecule has 0 unspecified atom stereocenters. The van der Waals surface area contributed by atoms with Crippen molar-refractivity contribution < 1.29 is 19.2 Å². The maximum atomic E-state index is 8.88. The molecule has 0 aliphatic heterocycles. The first kappa shape index (κ1) is 21.0. The number of benzene rings is 1. The largest absolute Gasteiger partial charge is 0.466 e. The molecule has 4 nitrogen and oxygen atoms in total. The number of phosphoric acid groups is 1. The number of rotatable bonds is 0. The van der Waals surface area contributed by atoms with Gasteiger partial charge in [-0.25, -0.2) is 4.57 Å². The van der Waals surface area contributed by atoms with Crippen LogP contribution >= 0.6 is 7.82 Å². The average Bonchev–Trinajstić information content (AvgIpc) is 2.11. The Morgan fingerprint density at radius 3 is 1.65 bits per heavy atom. The van der Waals surface area contributed by atoms with Gasteiger partial charge in [0.2, 0.25) is 0 Å². The topological polar surface area (TPSA) is 77.8 Å². The first-order chi connectivity index (χ1) is 8.62. The molecular weight excluding hydrogens is 302 g/mol. The monoisotopic (exact) mass is 326 g/mol. The Morgan fingerprint density at radius 1 is 0.950 bits per heavy atom. The van der Waals surface area contributed by atoms with Crippen LogP contribution in [0.5, 0.6) is 0 Å². The van der Waals surface area contributed by atoms with Crippen molar-refractivity contribution in [3.05, 3.63) is 29.3 Å². The van der Waals surface area contributed by atoms with Gasteiger partial charge in [0.25, 0.3) is 0 Å². The molecule has 0 fully saturated rings. The van der Waals surface area contributed by atoms with Crippen LogP contribution in [0.25, 0.3) is 0 Å². The van der Waals surface area contributed by atoms with E-state index < -0.39 is 7.82 Å². The molecule has 1 aromatic carbocycles. The van der Waals surface area contributed by atoms with Gasteiger partial charge in [-0.1, -0.05) is 0 Å². The summed E-state index contributed by atoms with van der Waals surface area (Å²) in [7, 11) is -4.64. The summed E-state index contributed by atoms with van der Waals surface area (Å²) in [4.78, 5) is 21.6. The summed E-state index contributed by atoms with van der Waals surface area (Å²) >= 11 is 0.770. The van der Waals surface area contributed by atoms with Crippen molar-refractivity contribution in [1.82, 2.24) is 0 Å². The smallest absolute Gasteiger partial charge is 0.303 e. The predicted octanol–water partition coefficient (Wildman–Crippen LogP) is 2.15. The molecule has 0 heterocycles. The number of hydrogen-bond acceptors (Lipinski definition) is 1. The molecule has 0 saturated carbocycles. The summed E-state index contributed by atoms with van der Waals surface area (Å²) in [5.74, 6) is 0. The van der Waals surface area contributed by atoms with Crippen LogP contribution in [-0.2, 0) is 15.4 Å². The van der Waals surface area contributed by atoms with E-state index >= 15 is 0 Å². The maximum Gasteiger partial charge on any atom is 0.466 e. The molecule has 0 bridgehead atoms. The van der Waals surface area contributed by atoms with Crippen LogP contribution in [-0.4, -0.2) is 63.6 Å². The van der Waals surface area contributed by atoms with Crippen LogP contribution < -0.4 is -0.342 Å². The van der Waals surface area contributed by atoms with Crippen molar-refractivity contribution in [1.29, 1.82) is 0 Å². The molecule has 1 rings (SSSR count). The van der Waals surface area contributed by atoms with Gasteiger partial charge in [0.05, 0.1) is 0 Å². The minimum absolute atomic E-state index is 0.265. The molecule has 6 heteroatoms. The van der Waals surface area contributed by atoms with Crippen molar-refractivity contribution in [3.63, 3.8) is 0 Å². The molecule has 0 aliphatic carbocycles. The summed E-state index contributed by atoms with van der Waals surface area (Å²) in [5, 5.41) is 0. The number of hydrogen-bond donors (Lipinski definition) is 3. The Kier molecular flexibility index (Phi) is 7.85. The fraction of sp³-hybridized carbons (Fsp3) is 0.571. The fourth-order valence-electron chi connectivity index (χ4n) is 1.90. The van der Waals surface area contributed by atoms with E-state index in [4.69, 9.17) is 19.2 Å². The van der Waals surface area contributed by atoms with Gasteiger partial charge in [-0.15, -0.1) is 0 Å². The van der Waals surface area contributed by atoms with Crippen LogP contribution in [0.3, 0.4) is 0 Å². The third kappa shape index (κ3) is 9.08. The van der Waals surface area contributed by atoms with Gasteiger partial charge < -0.3 is 14.7 Å². The molecule has 0 saturated heterocycles. The summed E-state index contributed by atoms with van der Waals surface area (Å²) in [6, 6.07) is 7.05. The third-order valence-corrected chi connectivity index (χ3v) is 4.27. The molecular formula is C14H24KO4P. The Balaban J connectivity index is 0.000000621. The van der Waals surface area contributed by atoms with Crippen LogP contribution in [0.4, 0.5) is 0 Å². The standard InChI is InChI=1S/C14H21.K.H3O4P/c1-13(2,3)11-8-7-9-12(10-11)14(4,5)6;;1-5(2,3)4/h7-8,10H,1-6H3;;(H3,1,2,3,4). The Labute approximate surface area is 155 Å². The first-order valence-corrected chi connectivity index (χ1v) is 9.65. The molecule has 0 aromatic heterocycles. The molecule has 0 spiro atoms. The summed E-state index contributed by atoms with van der Waals surface area (Å²) in [5.41, 5.74) is 3.56. The zero-order chi connectivity index (χ0) is 16.4. The quantitative estimate of drug-likeness (QED) is 0.504.